The molecule has 1 amide bonds. The summed E-state index contributed by atoms with van der Waals surface area (Å²) < 4.78 is 1.80. The minimum absolute atomic E-state index is 0.186. The number of aryl methyl sites for hydroxylation is 2. The summed E-state index contributed by atoms with van der Waals surface area (Å²) in [6, 6.07) is 14.0. The number of nitrogens with zero attached hydrogens (tertiary/aromatic N) is 5. The largest absolute Gasteiger partial charge is 0.346 e. The molecule has 0 unspecified atom stereocenters. The SMILES string of the molecule is Cc1ccc(-c2cc(C(=O)NCc3cnc(C)cn3)cc(-n3ncnc3C(C)C)c2)cc1. The summed E-state index contributed by atoms with van der Waals surface area (Å²) in [6.45, 7) is 8.37. The van der Waals surface area contributed by atoms with Crippen molar-refractivity contribution in [2.45, 2.75) is 40.2 Å². The van der Waals surface area contributed by atoms with Gasteiger partial charge in [0.25, 0.3) is 5.91 Å². The van der Waals surface area contributed by atoms with E-state index in [4.69, 9.17) is 0 Å². The maximum Gasteiger partial charge on any atom is 0.251 e. The molecule has 0 radical (unpaired) electrons. The molecule has 2 aromatic heterocycles. The van der Waals surface area contributed by atoms with E-state index in [1.54, 1.807) is 23.4 Å². The van der Waals surface area contributed by atoms with Gasteiger partial charge < -0.3 is 5.32 Å². The molecule has 7 nitrogen and oxygen atoms in total. The van der Waals surface area contributed by atoms with E-state index in [-0.39, 0.29) is 11.8 Å². The molecular weight excluding hydrogens is 400 g/mol. The number of rotatable bonds is 6. The van der Waals surface area contributed by atoms with E-state index in [0.29, 0.717) is 17.8 Å². The lowest BCUT2D eigenvalue weighted by atomic mass is 10.0. The third-order valence-corrected chi connectivity index (χ3v) is 5.16. The van der Waals surface area contributed by atoms with Gasteiger partial charge in [-0.05, 0) is 43.2 Å². The van der Waals surface area contributed by atoms with Crippen molar-refractivity contribution in [1.82, 2.24) is 30.0 Å². The number of hydrogen-bond donors (Lipinski definition) is 1. The van der Waals surface area contributed by atoms with E-state index >= 15 is 0 Å². The van der Waals surface area contributed by atoms with Gasteiger partial charge in [0, 0.05) is 17.7 Å². The number of carbonyl (C=O) groups excluding carboxylic acids is 1. The summed E-state index contributed by atoms with van der Waals surface area (Å²) in [5.74, 6) is 0.846. The molecule has 0 saturated carbocycles. The van der Waals surface area contributed by atoms with Gasteiger partial charge in [-0.15, -0.1) is 0 Å². The van der Waals surface area contributed by atoms with Crippen LogP contribution in [0, 0.1) is 13.8 Å². The van der Waals surface area contributed by atoms with E-state index in [0.717, 1.165) is 28.3 Å². The number of benzene rings is 2. The molecule has 0 aliphatic heterocycles. The molecule has 0 aliphatic carbocycles. The highest BCUT2D eigenvalue weighted by molar-refractivity contribution is 5.96. The molecule has 7 heteroatoms. The predicted octanol–water partition coefficient (Wildman–Crippen LogP) is 4.39. The topological polar surface area (TPSA) is 85.6 Å². The van der Waals surface area contributed by atoms with Crippen LogP contribution in [0.1, 0.15) is 52.9 Å². The van der Waals surface area contributed by atoms with Crippen LogP contribution in [-0.2, 0) is 6.54 Å². The van der Waals surface area contributed by atoms with E-state index in [2.05, 4.69) is 70.4 Å². The Hall–Kier alpha value is -3.87. The molecule has 32 heavy (non-hydrogen) atoms. The third kappa shape index (κ3) is 4.72. The molecule has 0 bridgehead atoms. The zero-order chi connectivity index (χ0) is 22.7. The van der Waals surface area contributed by atoms with Gasteiger partial charge in [-0.2, -0.15) is 5.10 Å². The van der Waals surface area contributed by atoms with Crippen LogP contribution in [0.15, 0.2) is 61.2 Å². The fourth-order valence-corrected chi connectivity index (χ4v) is 3.40. The van der Waals surface area contributed by atoms with Gasteiger partial charge in [0.15, 0.2) is 0 Å². The molecule has 0 fully saturated rings. The Morgan fingerprint density at radius 2 is 1.75 bits per heavy atom. The van der Waals surface area contributed by atoms with E-state index in [1.165, 1.54) is 5.56 Å². The van der Waals surface area contributed by atoms with Crippen LogP contribution in [0.4, 0.5) is 0 Å². The van der Waals surface area contributed by atoms with Crippen LogP contribution < -0.4 is 5.32 Å². The molecule has 0 atom stereocenters. The predicted molar refractivity (Wildman–Crippen MR) is 124 cm³/mol. The maximum atomic E-state index is 13.1. The summed E-state index contributed by atoms with van der Waals surface area (Å²) in [6.07, 6.45) is 4.91. The van der Waals surface area contributed by atoms with Crippen molar-refractivity contribution < 1.29 is 4.79 Å². The Labute approximate surface area is 187 Å². The molecule has 162 valence electrons. The molecule has 0 spiro atoms. The molecule has 1 N–H and O–H groups in total. The van der Waals surface area contributed by atoms with Crippen molar-refractivity contribution in [2.24, 2.45) is 0 Å². The van der Waals surface area contributed by atoms with Crippen LogP contribution >= 0.6 is 0 Å². The van der Waals surface area contributed by atoms with Gasteiger partial charge in [-0.3, -0.25) is 14.8 Å². The minimum Gasteiger partial charge on any atom is -0.346 e. The Balaban J connectivity index is 1.71. The van der Waals surface area contributed by atoms with Gasteiger partial charge in [-0.25, -0.2) is 9.67 Å². The molecule has 4 rings (SSSR count). The van der Waals surface area contributed by atoms with Crippen molar-refractivity contribution in [3.05, 3.63) is 89.5 Å². The number of hydrogen-bond acceptors (Lipinski definition) is 5. The van der Waals surface area contributed by atoms with Crippen LogP contribution in [0.5, 0.6) is 0 Å². The number of nitrogens with one attached hydrogen (secondary N) is 1. The second-order valence-corrected chi connectivity index (χ2v) is 8.15. The zero-order valence-corrected chi connectivity index (χ0v) is 18.7. The van der Waals surface area contributed by atoms with Crippen molar-refractivity contribution in [2.75, 3.05) is 0 Å². The van der Waals surface area contributed by atoms with Crippen LogP contribution in [0.2, 0.25) is 0 Å². The minimum atomic E-state index is -0.186. The molecular formula is C25H26N6O. The Kier molecular flexibility index (Phi) is 6.07. The fraction of sp³-hybridized carbons (Fsp3) is 0.240. The highest BCUT2D eigenvalue weighted by Gasteiger charge is 2.15. The summed E-state index contributed by atoms with van der Waals surface area (Å²) in [4.78, 5) is 26.0. The van der Waals surface area contributed by atoms with Gasteiger partial charge >= 0.3 is 0 Å². The number of aromatic nitrogens is 5. The smallest absolute Gasteiger partial charge is 0.251 e. The second-order valence-electron chi connectivity index (χ2n) is 8.15. The fourth-order valence-electron chi connectivity index (χ4n) is 3.40. The van der Waals surface area contributed by atoms with Crippen LogP contribution in [0.3, 0.4) is 0 Å². The van der Waals surface area contributed by atoms with E-state index < -0.39 is 0 Å². The normalized spacial score (nSPS) is 11.0. The zero-order valence-electron chi connectivity index (χ0n) is 18.7. The lowest BCUT2D eigenvalue weighted by Crippen LogP contribution is -2.23. The first-order valence-electron chi connectivity index (χ1n) is 10.6. The molecule has 4 aromatic rings. The van der Waals surface area contributed by atoms with Crippen molar-refractivity contribution in [3.63, 3.8) is 0 Å². The average Bonchev–Trinajstić information content (AvgIpc) is 3.29. The first-order chi connectivity index (χ1) is 15.4. The second kappa shape index (κ2) is 9.09. The van der Waals surface area contributed by atoms with Crippen molar-refractivity contribution >= 4 is 5.91 Å². The third-order valence-electron chi connectivity index (χ3n) is 5.16. The first-order valence-corrected chi connectivity index (χ1v) is 10.6. The van der Waals surface area contributed by atoms with Gasteiger partial charge in [0.1, 0.15) is 12.2 Å². The molecule has 2 heterocycles. The van der Waals surface area contributed by atoms with Crippen LogP contribution in [-0.4, -0.2) is 30.6 Å². The maximum absolute atomic E-state index is 13.1. The lowest BCUT2D eigenvalue weighted by molar-refractivity contribution is 0.0950. The Morgan fingerprint density at radius 3 is 2.44 bits per heavy atom. The van der Waals surface area contributed by atoms with Crippen molar-refractivity contribution in [1.29, 1.82) is 0 Å². The van der Waals surface area contributed by atoms with Gasteiger partial charge in [0.05, 0.1) is 29.8 Å². The van der Waals surface area contributed by atoms with Crippen LogP contribution in [0.25, 0.3) is 16.8 Å². The van der Waals surface area contributed by atoms with Crippen molar-refractivity contribution in [3.8, 4) is 16.8 Å². The monoisotopic (exact) mass is 426 g/mol. The molecule has 0 saturated heterocycles. The summed E-state index contributed by atoms with van der Waals surface area (Å²) in [5, 5.41) is 7.36. The van der Waals surface area contributed by atoms with E-state index in [9.17, 15) is 4.79 Å². The van der Waals surface area contributed by atoms with Gasteiger partial charge in [-0.1, -0.05) is 43.7 Å². The van der Waals surface area contributed by atoms with Gasteiger partial charge in [0.2, 0.25) is 0 Å². The average molecular weight is 427 g/mol. The van der Waals surface area contributed by atoms with E-state index in [1.807, 2.05) is 25.1 Å². The highest BCUT2D eigenvalue weighted by atomic mass is 16.1. The summed E-state index contributed by atoms with van der Waals surface area (Å²) in [7, 11) is 0. The first kappa shape index (κ1) is 21.4. The quantitative estimate of drug-likeness (QED) is 0.494. The Bertz CT molecular complexity index is 1230. The summed E-state index contributed by atoms with van der Waals surface area (Å²) >= 11 is 0. The number of carbonyl (C=O) groups is 1. The molecule has 0 aliphatic rings. The Morgan fingerprint density at radius 1 is 0.969 bits per heavy atom. The standard InChI is InChI=1S/C25H26N6O/c1-16(2)24-29-15-30-31(24)23-10-20(19-7-5-17(3)6-8-19)9-21(11-23)25(32)28-14-22-13-26-18(4)12-27-22/h5-13,15-16H,14H2,1-4H3,(H,28,32). The number of amides is 1. The highest BCUT2D eigenvalue weighted by Crippen LogP contribution is 2.26. The summed E-state index contributed by atoms with van der Waals surface area (Å²) in [5.41, 5.74) is 6.03. The lowest BCUT2D eigenvalue weighted by Gasteiger charge is -2.13. The molecule has 2 aromatic carbocycles.